The van der Waals surface area contributed by atoms with E-state index in [9.17, 15) is 33.8 Å². The maximum atomic E-state index is 13.3. The molecular formula is C21H13F2N3O7. The van der Waals surface area contributed by atoms with Crippen molar-refractivity contribution in [3.63, 3.8) is 0 Å². The third-order valence-corrected chi connectivity index (χ3v) is 4.40. The molecule has 0 atom stereocenters. The Hall–Kier alpha value is -4.74. The van der Waals surface area contributed by atoms with E-state index in [2.05, 4.69) is 4.98 Å². The van der Waals surface area contributed by atoms with Gasteiger partial charge in [0.25, 0.3) is 0 Å². The van der Waals surface area contributed by atoms with Gasteiger partial charge in [-0.2, -0.15) is 8.78 Å². The van der Waals surface area contributed by atoms with Gasteiger partial charge in [-0.15, -0.1) is 0 Å². The van der Waals surface area contributed by atoms with Crippen molar-refractivity contribution in [1.29, 1.82) is 0 Å². The van der Waals surface area contributed by atoms with Crippen molar-refractivity contribution in [3.8, 4) is 11.5 Å². The summed E-state index contributed by atoms with van der Waals surface area (Å²) >= 11 is 0. The Morgan fingerprint density at radius 1 is 0.970 bits per heavy atom. The van der Waals surface area contributed by atoms with E-state index < -0.39 is 38.8 Å². The molecule has 0 aliphatic rings. The van der Waals surface area contributed by atoms with Crippen LogP contribution < -0.4 is 0 Å². The number of aromatic carboxylic acids is 1. The molecule has 1 aromatic heterocycles. The zero-order valence-electron chi connectivity index (χ0n) is 16.7. The van der Waals surface area contributed by atoms with Crippen molar-refractivity contribution in [1.82, 2.24) is 4.98 Å². The molecule has 4 rings (SSSR count). The molecule has 0 amide bonds. The van der Waals surface area contributed by atoms with Gasteiger partial charge in [-0.1, -0.05) is 12.1 Å². The predicted octanol–water partition coefficient (Wildman–Crippen LogP) is 5.28. The minimum absolute atomic E-state index is 0.234. The molecule has 0 saturated heterocycles. The van der Waals surface area contributed by atoms with Crippen LogP contribution in [0.5, 0.6) is 0 Å². The van der Waals surface area contributed by atoms with Crippen molar-refractivity contribution in [2.75, 3.05) is 0 Å². The normalized spacial score (nSPS) is 10.4. The van der Waals surface area contributed by atoms with Gasteiger partial charge < -0.3 is 9.52 Å². The van der Waals surface area contributed by atoms with Gasteiger partial charge in [0, 0.05) is 17.7 Å². The third-order valence-electron chi connectivity index (χ3n) is 4.40. The third kappa shape index (κ3) is 4.95. The number of oxazole rings is 1. The van der Waals surface area contributed by atoms with Crippen molar-refractivity contribution in [2.45, 2.75) is 6.92 Å². The molecule has 33 heavy (non-hydrogen) atoms. The molecule has 1 heterocycles. The molecule has 3 aromatic carbocycles. The Kier molecular flexibility index (Phi) is 6.38. The Morgan fingerprint density at radius 2 is 1.58 bits per heavy atom. The van der Waals surface area contributed by atoms with Gasteiger partial charge in [0.2, 0.25) is 17.5 Å². The lowest BCUT2D eigenvalue weighted by atomic mass is 10.2. The second kappa shape index (κ2) is 9.18. The highest BCUT2D eigenvalue weighted by Gasteiger charge is 2.18. The molecule has 0 radical (unpaired) electrons. The van der Waals surface area contributed by atoms with E-state index in [1.54, 1.807) is 6.07 Å². The molecule has 0 spiro atoms. The van der Waals surface area contributed by atoms with Crippen LogP contribution in [0, 0.1) is 38.8 Å². The number of hydrogen-bond donors (Lipinski definition) is 1. The van der Waals surface area contributed by atoms with Crippen molar-refractivity contribution in [3.05, 3.63) is 97.6 Å². The number of para-hydroxylation sites is 1. The number of aryl methyl sites for hydroxylation is 1. The highest BCUT2D eigenvalue weighted by atomic mass is 19.1. The summed E-state index contributed by atoms with van der Waals surface area (Å²) in [5.74, 6) is -3.03. The molecule has 0 unspecified atom stereocenters. The molecule has 0 fully saturated rings. The minimum atomic E-state index is -1.33. The van der Waals surface area contributed by atoms with Crippen LogP contribution in [0.4, 0.5) is 20.2 Å². The molecular weight excluding hydrogens is 444 g/mol. The number of carboxylic acid groups (broad SMARTS) is 1. The van der Waals surface area contributed by atoms with Crippen LogP contribution in [-0.4, -0.2) is 25.9 Å². The van der Waals surface area contributed by atoms with E-state index in [-0.39, 0.29) is 11.5 Å². The summed E-state index contributed by atoms with van der Waals surface area (Å²) in [4.78, 5) is 33.8. The summed E-state index contributed by atoms with van der Waals surface area (Å²) in [5.41, 5.74) is 0.846. The van der Waals surface area contributed by atoms with E-state index in [1.165, 1.54) is 6.07 Å². The second-order valence-corrected chi connectivity index (χ2v) is 6.59. The number of nitro benzene ring substituents is 2. The number of nitro groups is 2. The average molecular weight is 457 g/mol. The second-order valence-electron chi connectivity index (χ2n) is 6.59. The van der Waals surface area contributed by atoms with Crippen molar-refractivity contribution < 1.29 is 32.9 Å². The molecule has 168 valence electrons. The van der Waals surface area contributed by atoms with E-state index in [0.717, 1.165) is 29.8 Å². The SMILES string of the molecule is Cc1cccc2oc(-c3ccc(F)c([N+](=O)[O-])c3)nc12.O=C(O)c1ccc(F)c([N+](=O)[O-])c1. The number of hydrogen-bond acceptors (Lipinski definition) is 7. The number of halogens is 2. The molecule has 0 aliphatic carbocycles. The lowest BCUT2D eigenvalue weighted by Crippen LogP contribution is -1.99. The zero-order valence-corrected chi connectivity index (χ0v) is 16.7. The first kappa shape index (κ1) is 22.9. The molecule has 12 heteroatoms. The maximum absolute atomic E-state index is 13.3. The van der Waals surface area contributed by atoms with Crippen LogP contribution >= 0.6 is 0 Å². The number of fused-ring (bicyclic) bond motifs is 1. The summed E-state index contributed by atoms with van der Waals surface area (Å²) in [7, 11) is 0. The lowest BCUT2D eigenvalue weighted by Gasteiger charge is -1.97. The molecule has 0 aliphatic heterocycles. The molecule has 0 saturated carbocycles. The van der Waals surface area contributed by atoms with Gasteiger partial charge in [-0.25, -0.2) is 9.78 Å². The first-order chi connectivity index (χ1) is 15.6. The summed E-state index contributed by atoms with van der Waals surface area (Å²) in [6.45, 7) is 1.89. The summed E-state index contributed by atoms with van der Waals surface area (Å²) in [6.07, 6.45) is 0. The molecule has 4 aromatic rings. The fourth-order valence-corrected chi connectivity index (χ4v) is 2.78. The van der Waals surface area contributed by atoms with Crippen LogP contribution in [0.25, 0.3) is 22.6 Å². The van der Waals surface area contributed by atoms with Crippen LogP contribution in [0.2, 0.25) is 0 Å². The highest BCUT2D eigenvalue weighted by Crippen LogP contribution is 2.29. The zero-order chi connectivity index (χ0) is 24.3. The first-order valence-electron chi connectivity index (χ1n) is 9.06. The van der Waals surface area contributed by atoms with E-state index in [1.807, 2.05) is 19.1 Å². The number of benzene rings is 3. The maximum Gasteiger partial charge on any atom is 0.335 e. The molecule has 10 nitrogen and oxygen atoms in total. The van der Waals surface area contributed by atoms with E-state index in [0.29, 0.717) is 22.7 Å². The Labute approximate surface area is 183 Å². The Morgan fingerprint density at radius 3 is 2.15 bits per heavy atom. The van der Waals surface area contributed by atoms with E-state index >= 15 is 0 Å². The fraction of sp³-hybridized carbons (Fsp3) is 0.0476. The van der Waals surface area contributed by atoms with Gasteiger partial charge >= 0.3 is 17.3 Å². The number of carbonyl (C=O) groups is 1. The largest absolute Gasteiger partial charge is 0.478 e. The number of carboxylic acids is 1. The van der Waals surface area contributed by atoms with Gasteiger partial charge in [0.1, 0.15) is 5.52 Å². The van der Waals surface area contributed by atoms with E-state index in [4.69, 9.17) is 9.52 Å². The lowest BCUT2D eigenvalue weighted by molar-refractivity contribution is -0.387. The van der Waals surface area contributed by atoms with Crippen molar-refractivity contribution >= 4 is 28.4 Å². The number of aromatic nitrogens is 1. The quantitative estimate of drug-likeness (QED) is 0.321. The Balaban J connectivity index is 0.000000205. The van der Waals surface area contributed by atoms with Crippen LogP contribution in [0.3, 0.4) is 0 Å². The van der Waals surface area contributed by atoms with Gasteiger partial charge in [0.05, 0.1) is 15.4 Å². The van der Waals surface area contributed by atoms with Gasteiger partial charge in [-0.3, -0.25) is 20.2 Å². The highest BCUT2D eigenvalue weighted by molar-refractivity contribution is 5.88. The van der Waals surface area contributed by atoms with Gasteiger partial charge in [0.15, 0.2) is 5.58 Å². The average Bonchev–Trinajstić information content (AvgIpc) is 3.20. The standard InChI is InChI=1S/C14H9FN2O3.C7H4FNO4/c1-8-3-2-4-12-13(8)16-14(20-12)9-5-6-10(15)11(7-9)17(18)19;8-5-2-1-4(7(10)11)3-6(5)9(12)13/h2-7H,1H3;1-3H,(H,10,11). The number of rotatable bonds is 4. The predicted molar refractivity (Wildman–Crippen MR) is 111 cm³/mol. The number of nitrogens with zero attached hydrogens (tertiary/aromatic N) is 3. The summed E-state index contributed by atoms with van der Waals surface area (Å²) in [5, 5.41) is 29.4. The van der Waals surface area contributed by atoms with Crippen molar-refractivity contribution in [2.24, 2.45) is 0 Å². The Bertz CT molecular complexity index is 1400. The molecule has 0 bridgehead atoms. The van der Waals surface area contributed by atoms with Crippen LogP contribution in [0.1, 0.15) is 15.9 Å². The minimum Gasteiger partial charge on any atom is -0.478 e. The summed E-state index contributed by atoms with van der Waals surface area (Å²) < 4.78 is 31.5. The topological polar surface area (TPSA) is 150 Å². The fourth-order valence-electron chi connectivity index (χ4n) is 2.78. The first-order valence-corrected chi connectivity index (χ1v) is 9.06. The molecule has 1 N–H and O–H groups in total. The van der Waals surface area contributed by atoms with Crippen LogP contribution in [-0.2, 0) is 0 Å². The monoisotopic (exact) mass is 457 g/mol. The smallest absolute Gasteiger partial charge is 0.335 e. The van der Waals surface area contributed by atoms with Crippen LogP contribution in [0.15, 0.2) is 59.0 Å². The van der Waals surface area contributed by atoms with Gasteiger partial charge in [-0.05, 0) is 42.8 Å². The summed E-state index contributed by atoms with van der Waals surface area (Å²) in [6, 6.07) is 11.4.